The Hall–Kier alpha value is -0.650. The highest BCUT2D eigenvalue weighted by molar-refractivity contribution is 5.80. The first-order valence-electron chi connectivity index (χ1n) is 6.08. The summed E-state index contributed by atoms with van der Waals surface area (Å²) in [6, 6.07) is 0.224. The maximum Gasteiger partial charge on any atom is 0.327 e. The summed E-state index contributed by atoms with van der Waals surface area (Å²) in [7, 11) is 1.66. The Labute approximate surface area is 104 Å². The number of carbonyl (C=O) groups excluding carboxylic acids is 1. The lowest BCUT2D eigenvalue weighted by atomic mass is 10.0. The fourth-order valence-corrected chi connectivity index (χ4v) is 1.71. The molecule has 0 amide bonds. The molecule has 0 bridgehead atoms. The average molecular weight is 246 g/mol. The molecule has 2 atom stereocenters. The van der Waals surface area contributed by atoms with E-state index in [1.54, 1.807) is 21.0 Å². The maximum absolute atomic E-state index is 11.7. The molecular formula is C12H26N2O3. The summed E-state index contributed by atoms with van der Waals surface area (Å²) in [5, 5.41) is 0. The Kier molecular flexibility index (Phi) is 7.34. The third kappa shape index (κ3) is 5.48. The minimum Gasteiger partial charge on any atom is -0.465 e. The first-order valence-corrected chi connectivity index (χ1v) is 6.08. The van der Waals surface area contributed by atoms with Gasteiger partial charge in [-0.3, -0.25) is 9.69 Å². The molecule has 2 N–H and O–H groups in total. The van der Waals surface area contributed by atoms with Crippen LogP contribution in [0.3, 0.4) is 0 Å². The van der Waals surface area contributed by atoms with E-state index in [2.05, 4.69) is 4.90 Å². The number of esters is 1. The van der Waals surface area contributed by atoms with Gasteiger partial charge in [0.2, 0.25) is 0 Å². The van der Waals surface area contributed by atoms with Crippen LogP contribution in [0.4, 0.5) is 0 Å². The number of methoxy groups -OCH3 is 1. The predicted octanol–water partition coefficient (Wildman–Crippen LogP) is 0.624. The van der Waals surface area contributed by atoms with Crippen LogP contribution in [0.15, 0.2) is 0 Å². The van der Waals surface area contributed by atoms with Gasteiger partial charge < -0.3 is 15.2 Å². The maximum atomic E-state index is 11.7. The van der Waals surface area contributed by atoms with Crippen molar-refractivity contribution in [2.45, 2.75) is 39.3 Å². The average Bonchev–Trinajstić information content (AvgIpc) is 2.26. The van der Waals surface area contributed by atoms with E-state index in [1.165, 1.54) is 0 Å². The summed E-state index contributed by atoms with van der Waals surface area (Å²) < 4.78 is 10.1. The number of likely N-dealkylation sites (N-methyl/N-ethyl adjacent to an activating group) is 1. The Balaban J connectivity index is 4.48. The van der Waals surface area contributed by atoms with Crippen LogP contribution in [0, 0.1) is 0 Å². The molecule has 5 heteroatoms. The van der Waals surface area contributed by atoms with Crippen LogP contribution in [0.1, 0.15) is 27.7 Å². The number of nitrogens with two attached hydrogens (primary N) is 1. The molecule has 17 heavy (non-hydrogen) atoms. The van der Waals surface area contributed by atoms with Gasteiger partial charge in [0.15, 0.2) is 0 Å². The quantitative estimate of drug-likeness (QED) is 0.636. The van der Waals surface area contributed by atoms with Crippen molar-refractivity contribution >= 4 is 5.97 Å². The molecule has 0 rings (SSSR count). The lowest BCUT2D eigenvalue weighted by Crippen LogP contribution is -2.56. The number of hydrogen-bond donors (Lipinski definition) is 1. The van der Waals surface area contributed by atoms with E-state index in [0.717, 1.165) is 6.54 Å². The van der Waals surface area contributed by atoms with E-state index >= 15 is 0 Å². The van der Waals surface area contributed by atoms with Crippen molar-refractivity contribution < 1.29 is 14.3 Å². The molecule has 0 aliphatic heterocycles. The van der Waals surface area contributed by atoms with Crippen LogP contribution in [0.2, 0.25) is 0 Å². The van der Waals surface area contributed by atoms with Gasteiger partial charge in [0.25, 0.3) is 0 Å². The first kappa shape index (κ1) is 16.4. The molecule has 0 aromatic heterocycles. The highest BCUT2D eigenvalue weighted by atomic mass is 16.5. The van der Waals surface area contributed by atoms with Gasteiger partial charge in [-0.15, -0.1) is 0 Å². The molecule has 0 aliphatic rings. The predicted molar refractivity (Wildman–Crippen MR) is 67.8 cm³/mol. The van der Waals surface area contributed by atoms with Crippen LogP contribution < -0.4 is 5.73 Å². The van der Waals surface area contributed by atoms with Gasteiger partial charge in [-0.25, -0.2) is 0 Å². The minimum atomic E-state index is -0.978. The summed E-state index contributed by atoms with van der Waals surface area (Å²) in [5.74, 6) is -0.358. The fraction of sp³-hybridized carbons (Fsp3) is 0.917. The third-order valence-corrected chi connectivity index (χ3v) is 2.71. The van der Waals surface area contributed by atoms with Crippen LogP contribution in [0.25, 0.3) is 0 Å². The highest BCUT2D eigenvalue weighted by Crippen LogP contribution is 2.09. The van der Waals surface area contributed by atoms with Crippen LogP contribution in [-0.2, 0) is 14.3 Å². The number of rotatable bonds is 8. The Bertz CT molecular complexity index is 232. The molecular weight excluding hydrogens is 220 g/mol. The van der Waals surface area contributed by atoms with Gasteiger partial charge in [-0.1, -0.05) is 6.92 Å². The smallest absolute Gasteiger partial charge is 0.327 e. The van der Waals surface area contributed by atoms with Gasteiger partial charge >= 0.3 is 5.97 Å². The van der Waals surface area contributed by atoms with E-state index in [9.17, 15) is 4.79 Å². The minimum absolute atomic E-state index is 0.224. The van der Waals surface area contributed by atoms with E-state index in [4.69, 9.17) is 15.2 Å². The second kappa shape index (κ2) is 7.63. The normalized spacial score (nSPS) is 16.6. The second-order valence-electron chi connectivity index (χ2n) is 4.51. The molecule has 0 aliphatic carbocycles. The zero-order chi connectivity index (χ0) is 13.5. The van der Waals surface area contributed by atoms with Crippen LogP contribution in [-0.4, -0.2) is 55.9 Å². The molecule has 0 aromatic rings. The Morgan fingerprint density at radius 2 is 2.06 bits per heavy atom. The molecule has 0 saturated carbocycles. The van der Waals surface area contributed by atoms with Gasteiger partial charge in [-0.2, -0.15) is 0 Å². The number of nitrogens with zero attached hydrogens (tertiary/aromatic N) is 1. The summed E-state index contributed by atoms with van der Waals surface area (Å²) in [5.41, 5.74) is 5.02. The molecule has 102 valence electrons. The third-order valence-electron chi connectivity index (χ3n) is 2.71. The topological polar surface area (TPSA) is 64.8 Å². The standard InChI is InChI=1S/C12H26N2O3/c1-6-14(10(3)8-16-5)9-12(4,13)11(15)17-7-2/h10H,6-9,13H2,1-5H3. The number of carbonyl (C=O) groups is 1. The largest absolute Gasteiger partial charge is 0.465 e. The highest BCUT2D eigenvalue weighted by Gasteiger charge is 2.33. The van der Waals surface area contributed by atoms with Gasteiger partial charge in [-0.05, 0) is 27.3 Å². The van der Waals surface area contributed by atoms with E-state index in [1.807, 2.05) is 13.8 Å². The van der Waals surface area contributed by atoms with Crippen molar-refractivity contribution in [3.8, 4) is 0 Å². The van der Waals surface area contributed by atoms with Gasteiger partial charge in [0.05, 0.1) is 13.2 Å². The van der Waals surface area contributed by atoms with E-state index < -0.39 is 5.54 Å². The Morgan fingerprint density at radius 3 is 2.47 bits per heavy atom. The summed E-state index contributed by atoms with van der Waals surface area (Å²) in [6.07, 6.45) is 0. The molecule has 0 saturated heterocycles. The van der Waals surface area contributed by atoms with Crippen molar-refractivity contribution in [2.24, 2.45) is 5.73 Å². The SMILES string of the molecule is CCOC(=O)C(C)(N)CN(CC)C(C)COC. The van der Waals surface area contributed by atoms with Crippen LogP contribution >= 0.6 is 0 Å². The molecule has 5 nitrogen and oxygen atoms in total. The molecule has 0 heterocycles. The number of hydrogen-bond acceptors (Lipinski definition) is 5. The first-order chi connectivity index (χ1) is 7.88. The summed E-state index contributed by atoms with van der Waals surface area (Å²) in [6.45, 7) is 9.82. The van der Waals surface area contributed by atoms with Crippen molar-refractivity contribution in [3.05, 3.63) is 0 Å². The molecule has 0 fully saturated rings. The van der Waals surface area contributed by atoms with Crippen molar-refractivity contribution in [3.63, 3.8) is 0 Å². The molecule has 0 aromatic carbocycles. The summed E-state index contributed by atoms with van der Waals surface area (Å²) in [4.78, 5) is 13.8. The van der Waals surface area contributed by atoms with Crippen molar-refractivity contribution in [2.75, 3.05) is 33.4 Å². The number of ether oxygens (including phenoxy) is 2. The van der Waals surface area contributed by atoms with Crippen molar-refractivity contribution in [1.82, 2.24) is 4.90 Å². The van der Waals surface area contributed by atoms with Gasteiger partial charge in [0.1, 0.15) is 5.54 Å². The van der Waals surface area contributed by atoms with E-state index in [-0.39, 0.29) is 12.0 Å². The fourth-order valence-electron chi connectivity index (χ4n) is 1.71. The van der Waals surface area contributed by atoms with Crippen molar-refractivity contribution in [1.29, 1.82) is 0 Å². The zero-order valence-corrected chi connectivity index (χ0v) is 11.7. The van der Waals surface area contributed by atoms with Gasteiger partial charge in [0, 0.05) is 19.7 Å². The van der Waals surface area contributed by atoms with Crippen LogP contribution in [0.5, 0.6) is 0 Å². The summed E-state index contributed by atoms with van der Waals surface area (Å²) >= 11 is 0. The lowest BCUT2D eigenvalue weighted by Gasteiger charge is -2.33. The molecule has 0 spiro atoms. The lowest BCUT2D eigenvalue weighted by molar-refractivity contribution is -0.150. The molecule has 0 radical (unpaired) electrons. The second-order valence-corrected chi connectivity index (χ2v) is 4.51. The Morgan fingerprint density at radius 1 is 1.47 bits per heavy atom. The zero-order valence-electron chi connectivity index (χ0n) is 11.7. The molecule has 2 unspecified atom stereocenters. The van der Waals surface area contributed by atoms with E-state index in [0.29, 0.717) is 19.8 Å². The monoisotopic (exact) mass is 246 g/mol.